The number of hydrogen-bond donors (Lipinski definition) is 2. The molecule has 0 aliphatic carbocycles. The molecule has 1 aromatic carbocycles. The molecular formula is C15H19FN4. The van der Waals surface area contributed by atoms with Crippen molar-refractivity contribution in [2.45, 2.75) is 20.3 Å². The molecule has 0 saturated heterocycles. The van der Waals surface area contributed by atoms with Crippen molar-refractivity contribution in [3.8, 4) is 0 Å². The molecule has 2 N–H and O–H groups in total. The van der Waals surface area contributed by atoms with E-state index in [9.17, 15) is 4.39 Å². The van der Waals surface area contributed by atoms with E-state index < -0.39 is 0 Å². The number of halogens is 1. The van der Waals surface area contributed by atoms with Gasteiger partial charge in [-0.2, -0.15) is 0 Å². The molecule has 0 fully saturated rings. The fraction of sp³-hybridized carbons (Fsp3) is 0.333. The van der Waals surface area contributed by atoms with Crippen molar-refractivity contribution < 1.29 is 4.39 Å². The summed E-state index contributed by atoms with van der Waals surface area (Å²) in [6, 6.07) is 6.56. The monoisotopic (exact) mass is 274 g/mol. The van der Waals surface area contributed by atoms with Crippen LogP contribution in [0.3, 0.4) is 0 Å². The van der Waals surface area contributed by atoms with E-state index in [0.29, 0.717) is 0 Å². The summed E-state index contributed by atoms with van der Waals surface area (Å²) in [4.78, 5) is 8.73. The zero-order valence-electron chi connectivity index (χ0n) is 12.0. The fourth-order valence-corrected chi connectivity index (χ4v) is 2.02. The molecule has 20 heavy (non-hydrogen) atoms. The molecular weight excluding hydrogens is 255 g/mol. The van der Waals surface area contributed by atoms with Gasteiger partial charge in [-0.1, -0.05) is 12.1 Å². The molecule has 1 aromatic heterocycles. The van der Waals surface area contributed by atoms with Crippen molar-refractivity contribution in [2.75, 3.05) is 24.2 Å². The average molecular weight is 274 g/mol. The van der Waals surface area contributed by atoms with Gasteiger partial charge < -0.3 is 10.6 Å². The van der Waals surface area contributed by atoms with Crippen LogP contribution in [0.2, 0.25) is 0 Å². The quantitative estimate of drug-likeness (QED) is 0.880. The first-order valence-corrected chi connectivity index (χ1v) is 6.61. The third-order valence-corrected chi connectivity index (χ3v) is 3.11. The van der Waals surface area contributed by atoms with E-state index in [1.165, 1.54) is 12.1 Å². The van der Waals surface area contributed by atoms with E-state index in [4.69, 9.17) is 0 Å². The SMILES string of the molecule is CNc1nc(C)nc(NCCc2ccc(F)cc2)c1C. The lowest BCUT2D eigenvalue weighted by molar-refractivity contribution is 0.627. The number of benzene rings is 1. The lowest BCUT2D eigenvalue weighted by Crippen LogP contribution is -2.11. The minimum absolute atomic E-state index is 0.206. The first kappa shape index (κ1) is 14.2. The molecule has 0 saturated carbocycles. The zero-order valence-corrected chi connectivity index (χ0v) is 12.0. The van der Waals surface area contributed by atoms with Crippen LogP contribution in [0.4, 0.5) is 16.0 Å². The topological polar surface area (TPSA) is 49.8 Å². The highest BCUT2D eigenvalue weighted by Gasteiger charge is 2.07. The maximum atomic E-state index is 12.8. The van der Waals surface area contributed by atoms with Gasteiger partial charge in [0, 0.05) is 19.2 Å². The molecule has 0 amide bonds. The zero-order chi connectivity index (χ0) is 14.5. The van der Waals surface area contributed by atoms with Gasteiger partial charge in [0.15, 0.2) is 0 Å². The molecule has 0 atom stereocenters. The Morgan fingerprint density at radius 3 is 2.35 bits per heavy atom. The number of rotatable bonds is 5. The summed E-state index contributed by atoms with van der Waals surface area (Å²) >= 11 is 0. The number of hydrogen-bond acceptors (Lipinski definition) is 4. The highest BCUT2D eigenvalue weighted by Crippen LogP contribution is 2.19. The summed E-state index contributed by atoms with van der Waals surface area (Å²) in [5, 5.41) is 6.36. The van der Waals surface area contributed by atoms with Gasteiger partial charge in [-0.3, -0.25) is 0 Å². The second-order valence-corrected chi connectivity index (χ2v) is 4.65. The molecule has 4 nitrogen and oxygen atoms in total. The van der Waals surface area contributed by atoms with E-state index in [0.717, 1.165) is 41.6 Å². The highest BCUT2D eigenvalue weighted by molar-refractivity contribution is 5.56. The molecule has 1 heterocycles. The highest BCUT2D eigenvalue weighted by atomic mass is 19.1. The summed E-state index contributed by atoms with van der Waals surface area (Å²) in [5.74, 6) is 2.19. The van der Waals surface area contributed by atoms with E-state index in [2.05, 4.69) is 20.6 Å². The van der Waals surface area contributed by atoms with Gasteiger partial charge in [0.25, 0.3) is 0 Å². The smallest absolute Gasteiger partial charge is 0.134 e. The van der Waals surface area contributed by atoms with Gasteiger partial charge >= 0.3 is 0 Å². The van der Waals surface area contributed by atoms with Gasteiger partial charge in [0.1, 0.15) is 23.3 Å². The molecule has 5 heteroatoms. The summed E-state index contributed by atoms with van der Waals surface area (Å²) in [5.41, 5.74) is 2.09. The predicted octanol–water partition coefficient (Wildman–Crippen LogP) is 2.93. The molecule has 0 bridgehead atoms. The van der Waals surface area contributed by atoms with E-state index in [1.54, 1.807) is 12.1 Å². The van der Waals surface area contributed by atoms with Crippen LogP contribution in [0.5, 0.6) is 0 Å². The van der Waals surface area contributed by atoms with Crippen LogP contribution in [-0.2, 0) is 6.42 Å². The Labute approximate surface area is 118 Å². The summed E-state index contributed by atoms with van der Waals surface area (Å²) in [6.07, 6.45) is 0.817. The van der Waals surface area contributed by atoms with Gasteiger partial charge in [-0.15, -0.1) is 0 Å². The average Bonchev–Trinajstić information content (AvgIpc) is 2.44. The van der Waals surface area contributed by atoms with Crippen LogP contribution < -0.4 is 10.6 Å². The van der Waals surface area contributed by atoms with Crippen molar-refractivity contribution >= 4 is 11.6 Å². The number of nitrogens with zero attached hydrogens (tertiary/aromatic N) is 2. The maximum Gasteiger partial charge on any atom is 0.134 e. The van der Waals surface area contributed by atoms with Crippen LogP contribution in [0.25, 0.3) is 0 Å². The van der Waals surface area contributed by atoms with Gasteiger partial charge in [-0.05, 0) is 38.0 Å². The van der Waals surface area contributed by atoms with Crippen molar-refractivity contribution in [2.24, 2.45) is 0 Å². The van der Waals surface area contributed by atoms with Crippen molar-refractivity contribution in [3.63, 3.8) is 0 Å². The van der Waals surface area contributed by atoms with Crippen molar-refractivity contribution in [3.05, 3.63) is 47.0 Å². The number of anilines is 2. The first-order valence-electron chi connectivity index (χ1n) is 6.61. The normalized spacial score (nSPS) is 10.4. The minimum atomic E-state index is -0.206. The molecule has 2 rings (SSSR count). The molecule has 0 unspecified atom stereocenters. The number of nitrogens with one attached hydrogen (secondary N) is 2. The Morgan fingerprint density at radius 2 is 1.70 bits per heavy atom. The Morgan fingerprint density at radius 1 is 1.05 bits per heavy atom. The molecule has 0 radical (unpaired) electrons. The lowest BCUT2D eigenvalue weighted by Gasteiger charge is -2.12. The third-order valence-electron chi connectivity index (χ3n) is 3.11. The summed E-state index contributed by atoms with van der Waals surface area (Å²) in [6.45, 7) is 4.59. The second kappa shape index (κ2) is 6.32. The van der Waals surface area contributed by atoms with Crippen LogP contribution >= 0.6 is 0 Å². The standard InChI is InChI=1S/C15H19FN4/c1-10-14(17-3)19-11(2)20-15(10)18-9-8-12-4-6-13(16)7-5-12/h4-7H,8-9H2,1-3H3,(H2,17,18,19,20). The molecule has 2 aromatic rings. The van der Waals surface area contributed by atoms with Crippen LogP contribution in [0, 0.1) is 19.7 Å². The molecule has 106 valence electrons. The number of aryl methyl sites for hydroxylation is 1. The van der Waals surface area contributed by atoms with E-state index in [1.807, 2.05) is 20.9 Å². The van der Waals surface area contributed by atoms with Gasteiger partial charge in [0.2, 0.25) is 0 Å². The van der Waals surface area contributed by atoms with Crippen LogP contribution in [0.15, 0.2) is 24.3 Å². The summed E-state index contributed by atoms with van der Waals surface area (Å²) < 4.78 is 12.8. The minimum Gasteiger partial charge on any atom is -0.373 e. The van der Waals surface area contributed by atoms with Crippen LogP contribution in [-0.4, -0.2) is 23.6 Å². The largest absolute Gasteiger partial charge is 0.373 e. The molecule has 0 spiro atoms. The lowest BCUT2D eigenvalue weighted by atomic mass is 10.1. The number of aromatic nitrogens is 2. The van der Waals surface area contributed by atoms with E-state index in [-0.39, 0.29) is 5.82 Å². The third kappa shape index (κ3) is 3.44. The Balaban J connectivity index is 2.00. The van der Waals surface area contributed by atoms with Gasteiger partial charge in [-0.25, -0.2) is 14.4 Å². The van der Waals surface area contributed by atoms with Crippen LogP contribution in [0.1, 0.15) is 17.0 Å². The summed E-state index contributed by atoms with van der Waals surface area (Å²) in [7, 11) is 1.84. The van der Waals surface area contributed by atoms with Crippen molar-refractivity contribution in [1.82, 2.24) is 9.97 Å². The van der Waals surface area contributed by atoms with Gasteiger partial charge in [0.05, 0.1) is 0 Å². The van der Waals surface area contributed by atoms with Crippen molar-refractivity contribution in [1.29, 1.82) is 0 Å². The first-order chi connectivity index (χ1) is 9.60. The Bertz CT molecular complexity index is 581. The molecule has 0 aliphatic rings. The Kier molecular flexibility index (Phi) is 4.50. The van der Waals surface area contributed by atoms with E-state index >= 15 is 0 Å². The maximum absolute atomic E-state index is 12.8. The molecule has 0 aliphatic heterocycles. The predicted molar refractivity (Wildman–Crippen MR) is 79.6 cm³/mol. The second-order valence-electron chi connectivity index (χ2n) is 4.65. The fourth-order valence-electron chi connectivity index (χ4n) is 2.02. The Hall–Kier alpha value is -2.17.